The molecule has 130 valence electrons. The van der Waals surface area contributed by atoms with Crippen molar-refractivity contribution >= 4 is 11.6 Å². The molecule has 0 unspecified atom stereocenters. The van der Waals surface area contributed by atoms with Crippen LogP contribution in [0.25, 0.3) is 5.69 Å². The van der Waals surface area contributed by atoms with E-state index in [-0.39, 0.29) is 5.56 Å². The van der Waals surface area contributed by atoms with Gasteiger partial charge in [-0.15, -0.1) is 0 Å². The monoisotopic (exact) mass is 347 g/mol. The molecule has 0 bridgehead atoms. The van der Waals surface area contributed by atoms with E-state index in [4.69, 9.17) is 0 Å². The normalized spacial score (nSPS) is 12.6. The maximum absolute atomic E-state index is 13.1. The predicted molar refractivity (Wildman–Crippen MR) is 99.0 cm³/mol. The summed E-state index contributed by atoms with van der Waals surface area (Å²) in [4.78, 5) is 38.7. The number of anilines is 1. The Labute approximate surface area is 149 Å². The fourth-order valence-corrected chi connectivity index (χ4v) is 3.34. The minimum Gasteiger partial charge on any atom is -0.322 e. The van der Waals surface area contributed by atoms with E-state index >= 15 is 0 Å². The highest BCUT2D eigenvalue weighted by Gasteiger charge is 2.27. The Morgan fingerprint density at radius 1 is 0.923 bits per heavy atom. The zero-order valence-corrected chi connectivity index (χ0v) is 14.0. The average Bonchev–Trinajstić information content (AvgIpc) is 3.13. The summed E-state index contributed by atoms with van der Waals surface area (Å²) >= 11 is 0. The summed E-state index contributed by atoms with van der Waals surface area (Å²) in [5.41, 5.74) is 0.632. The van der Waals surface area contributed by atoms with Crippen molar-refractivity contribution in [3.05, 3.63) is 92.8 Å². The molecule has 0 radical (unpaired) electrons. The van der Waals surface area contributed by atoms with Crippen molar-refractivity contribution in [1.29, 1.82) is 0 Å². The largest absolute Gasteiger partial charge is 0.335 e. The zero-order chi connectivity index (χ0) is 18.1. The summed E-state index contributed by atoms with van der Waals surface area (Å²) < 4.78 is 2.61. The van der Waals surface area contributed by atoms with Crippen LogP contribution in [0.1, 0.15) is 22.5 Å². The summed E-state index contributed by atoms with van der Waals surface area (Å²) in [6.07, 6.45) is 1.27. The molecule has 3 aromatic rings. The zero-order valence-electron chi connectivity index (χ0n) is 14.0. The van der Waals surface area contributed by atoms with Gasteiger partial charge in [0.2, 0.25) is 0 Å². The smallest absolute Gasteiger partial charge is 0.322 e. The second kappa shape index (κ2) is 6.48. The molecule has 0 aliphatic carbocycles. The molecule has 2 aromatic carbocycles. The van der Waals surface area contributed by atoms with Gasteiger partial charge in [-0.25, -0.2) is 9.36 Å². The van der Waals surface area contributed by atoms with Gasteiger partial charge >= 0.3 is 5.69 Å². The van der Waals surface area contributed by atoms with E-state index in [0.717, 1.165) is 11.0 Å². The van der Waals surface area contributed by atoms with Gasteiger partial charge in [0, 0.05) is 17.9 Å². The average molecular weight is 347 g/mol. The number of carbonyl (C=O) groups excluding carboxylic acids is 1. The van der Waals surface area contributed by atoms with Crippen LogP contribution in [-0.4, -0.2) is 15.0 Å². The minimum absolute atomic E-state index is 0.0369. The van der Waals surface area contributed by atoms with Crippen molar-refractivity contribution in [2.75, 3.05) is 5.32 Å². The Balaban J connectivity index is 1.90. The van der Waals surface area contributed by atoms with E-state index in [0.29, 0.717) is 30.0 Å². The summed E-state index contributed by atoms with van der Waals surface area (Å²) in [6.45, 7) is 0.507. The molecule has 0 fully saturated rings. The van der Waals surface area contributed by atoms with Crippen molar-refractivity contribution in [2.24, 2.45) is 0 Å². The van der Waals surface area contributed by atoms with Gasteiger partial charge < -0.3 is 5.32 Å². The predicted octanol–water partition coefficient (Wildman–Crippen LogP) is 2.20. The summed E-state index contributed by atoms with van der Waals surface area (Å²) in [5.74, 6) is -0.489. The van der Waals surface area contributed by atoms with Gasteiger partial charge in [-0.2, -0.15) is 0 Å². The van der Waals surface area contributed by atoms with E-state index < -0.39 is 17.2 Å². The SMILES string of the molecule is O=C(Nc1ccccc1)c1c2n(c(=O)n(-c3ccccc3)c1=O)CCC2. The molecule has 1 aliphatic heterocycles. The first-order valence-electron chi connectivity index (χ1n) is 8.47. The number of aromatic nitrogens is 2. The molecule has 1 amide bonds. The van der Waals surface area contributed by atoms with Crippen molar-refractivity contribution in [1.82, 2.24) is 9.13 Å². The van der Waals surface area contributed by atoms with Gasteiger partial charge in [0.1, 0.15) is 5.56 Å². The lowest BCUT2D eigenvalue weighted by Gasteiger charge is -2.14. The third-order valence-corrected chi connectivity index (χ3v) is 4.52. The van der Waals surface area contributed by atoms with E-state index in [1.165, 1.54) is 4.57 Å². The van der Waals surface area contributed by atoms with Gasteiger partial charge in [-0.1, -0.05) is 36.4 Å². The lowest BCUT2D eigenvalue weighted by Crippen LogP contribution is -2.43. The second-order valence-corrected chi connectivity index (χ2v) is 6.16. The number of rotatable bonds is 3. The van der Waals surface area contributed by atoms with Crippen LogP contribution in [-0.2, 0) is 13.0 Å². The number of carbonyl (C=O) groups is 1. The van der Waals surface area contributed by atoms with Crippen LogP contribution in [0.2, 0.25) is 0 Å². The molecule has 26 heavy (non-hydrogen) atoms. The standard InChI is InChI=1S/C20H17N3O3/c24-18(21-14-8-3-1-4-9-14)17-16-12-7-13-22(16)20(26)23(19(17)25)15-10-5-2-6-11-15/h1-6,8-11H,7,12-13H2,(H,21,24). The maximum atomic E-state index is 13.1. The number of benzene rings is 2. The topological polar surface area (TPSA) is 73.1 Å². The number of para-hydroxylation sites is 2. The van der Waals surface area contributed by atoms with E-state index in [2.05, 4.69) is 5.32 Å². The molecule has 1 N–H and O–H groups in total. The lowest BCUT2D eigenvalue weighted by atomic mass is 10.1. The van der Waals surface area contributed by atoms with Crippen molar-refractivity contribution in [3.63, 3.8) is 0 Å². The van der Waals surface area contributed by atoms with E-state index in [9.17, 15) is 14.4 Å². The van der Waals surface area contributed by atoms with Gasteiger partial charge in [0.05, 0.1) is 5.69 Å². The molecule has 1 aromatic heterocycles. The number of amides is 1. The quantitative estimate of drug-likeness (QED) is 0.789. The van der Waals surface area contributed by atoms with Gasteiger partial charge in [0.15, 0.2) is 0 Å². The van der Waals surface area contributed by atoms with Crippen molar-refractivity contribution in [2.45, 2.75) is 19.4 Å². The lowest BCUT2D eigenvalue weighted by molar-refractivity contribution is 0.102. The van der Waals surface area contributed by atoms with Crippen LogP contribution in [0.4, 0.5) is 5.69 Å². The summed E-state index contributed by atoms with van der Waals surface area (Å²) in [7, 11) is 0. The maximum Gasteiger partial charge on any atom is 0.335 e. The van der Waals surface area contributed by atoms with Crippen LogP contribution in [0.5, 0.6) is 0 Å². The number of hydrogen-bond donors (Lipinski definition) is 1. The highest BCUT2D eigenvalue weighted by atomic mass is 16.2. The van der Waals surface area contributed by atoms with Gasteiger partial charge in [-0.3, -0.25) is 14.2 Å². The fraction of sp³-hybridized carbons (Fsp3) is 0.150. The second-order valence-electron chi connectivity index (χ2n) is 6.16. The Morgan fingerprint density at radius 3 is 2.27 bits per heavy atom. The van der Waals surface area contributed by atoms with Gasteiger partial charge in [-0.05, 0) is 37.1 Å². The summed E-state index contributed by atoms with van der Waals surface area (Å²) in [6, 6.07) is 17.6. The first-order chi connectivity index (χ1) is 12.7. The molecule has 0 saturated heterocycles. The van der Waals surface area contributed by atoms with Gasteiger partial charge in [0.25, 0.3) is 11.5 Å². The number of hydrogen-bond acceptors (Lipinski definition) is 3. The van der Waals surface area contributed by atoms with Crippen LogP contribution < -0.4 is 16.6 Å². The first kappa shape index (κ1) is 16.1. The highest BCUT2D eigenvalue weighted by molar-refractivity contribution is 6.04. The third kappa shape index (κ3) is 2.65. The van der Waals surface area contributed by atoms with Crippen molar-refractivity contribution in [3.8, 4) is 5.69 Å². The Morgan fingerprint density at radius 2 is 1.58 bits per heavy atom. The first-order valence-corrected chi connectivity index (χ1v) is 8.47. The molecular weight excluding hydrogens is 330 g/mol. The van der Waals surface area contributed by atoms with Crippen molar-refractivity contribution < 1.29 is 4.79 Å². The molecule has 0 spiro atoms. The molecule has 4 rings (SSSR count). The fourth-order valence-electron chi connectivity index (χ4n) is 3.34. The van der Waals surface area contributed by atoms with E-state index in [1.807, 2.05) is 12.1 Å². The van der Waals surface area contributed by atoms with Crippen LogP contribution in [0.15, 0.2) is 70.3 Å². The molecule has 6 heteroatoms. The Bertz CT molecular complexity index is 1080. The Hall–Kier alpha value is -3.41. The minimum atomic E-state index is -0.581. The highest BCUT2D eigenvalue weighted by Crippen LogP contribution is 2.17. The molecular formula is C20H17N3O3. The summed E-state index contributed by atoms with van der Waals surface area (Å²) in [5, 5.41) is 2.76. The van der Waals surface area contributed by atoms with Crippen LogP contribution in [0.3, 0.4) is 0 Å². The number of nitrogens with zero attached hydrogens (tertiary/aromatic N) is 2. The molecule has 0 atom stereocenters. The molecule has 6 nitrogen and oxygen atoms in total. The van der Waals surface area contributed by atoms with Crippen LogP contribution >= 0.6 is 0 Å². The van der Waals surface area contributed by atoms with E-state index in [1.54, 1.807) is 48.5 Å². The molecule has 0 saturated carbocycles. The molecule has 1 aliphatic rings. The Kier molecular flexibility index (Phi) is 4.01. The number of fused-ring (bicyclic) bond motifs is 1. The third-order valence-electron chi connectivity index (χ3n) is 4.52. The number of nitrogens with one attached hydrogen (secondary N) is 1. The molecule has 2 heterocycles. The van der Waals surface area contributed by atoms with Crippen LogP contribution in [0, 0.1) is 0 Å².